The number of nitrogens with two attached hydrogens (primary N) is 1. The summed E-state index contributed by atoms with van der Waals surface area (Å²) < 4.78 is 2.13. The fourth-order valence-corrected chi connectivity index (χ4v) is 4.77. The number of nitriles is 2. The SMILES string of the molecule is CCCCn1c(O)c(N=Nc2cc(OON)ccc2O)c(C)c(C#N)c1=O.CCCCn1c(O)c(N=Nc2cc([N+](=O)[O-])ccc2O)c(C)c(C#N)c1=O.[Co]. The molecule has 6 N–H and O–H groups in total. The van der Waals surface area contributed by atoms with Gasteiger partial charge in [-0.3, -0.25) is 28.8 Å². The number of rotatable bonds is 13. The quantitative estimate of drug-likeness (QED) is 0.0423. The van der Waals surface area contributed by atoms with Crippen LogP contribution in [0.3, 0.4) is 0 Å². The number of benzene rings is 2. The van der Waals surface area contributed by atoms with Crippen LogP contribution >= 0.6 is 0 Å². The average Bonchev–Trinajstić information content (AvgIpc) is 3.14. The van der Waals surface area contributed by atoms with Crippen molar-refractivity contribution in [3.63, 3.8) is 0 Å². The number of hydrogen-bond acceptors (Lipinski definition) is 17. The zero-order chi connectivity index (χ0) is 40.1. The van der Waals surface area contributed by atoms with Gasteiger partial charge in [-0.15, -0.1) is 20.5 Å². The van der Waals surface area contributed by atoms with Crippen molar-refractivity contribution in [3.05, 3.63) is 89.5 Å². The minimum Gasteiger partial charge on any atom is -0.506 e. The molecule has 4 aromatic rings. The number of phenolic OH excluding ortho intramolecular Hbond substituents is 2. The second-order valence-electron chi connectivity index (χ2n) is 11.3. The standard InChI is InChI=1S/C17H19N5O5.C17H17N5O5.Co/c1-3-4-7-22-16(24)12(9-18)10(2)15(17(22)25)21-20-13-8-11(26-27-19)5-6-14(13)23;1-3-4-7-21-16(24)12(9-18)10(2)15(17(21)25)20-19-13-8-11(22(26)27)5-6-14(13)23;/h5-6,8,23,25H,3-4,7,19H2,1-2H3;5-6,8,23,25H,3-4,7H2,1-2H3;. The molecule has 1 radical (unpaired) electrons. The Kier molecular flexibility index (Phi) is 16.6. The molecule has 20 nitrogen and oxygen atoms in total. The van der Waals surface area contributed by atoms with Crippen LogP contribution in [-0.4, -0.2) is 34.5 Å². The van der Waals surface area contributed by atoms with E-state index in [1.165, 1.54) is 32.0 Å². The molecule has 0 aliphatic rings. The molecule has 2 heterocycles. The van der Waals surface area contributed by atoms with Crippen LogP contribution in [0.25, 0.3) is 0 Å². The van der Waals surface area contributed by atoms with Crippen molar-refractivity contribution in [1.82, 2.24) is 9.13 Å². The summed E-state index contributed by atoms with van der Waals surface area (Å²) in [6.45, 7) is 7.20. The van der Waals surface area contributed by atoms with Crippen LogP contribution < -0.4 is 21.9 Å². The zero-order valence-corrected chi connectivity index (χ0v) is 30.9. The van der Waals surface area contributed by atoms with Crippen LogP contribution in [0.2, 0.25) is 0 Å². The summed E-state index contributed by atoms with van der Waals surface area (Å²) in [5, 5.41) is 85.4. The Bertz CT molecular complexity index is 2310. The van der Waals surface area contributed by atoms with Crippen LogP contribution in [0.1, 0.15) is 61.8 Å². The molecular weight excluding hydrogens is 767 g/mol. The molecule has 21 heteroatoms. The second kappa shape index (κ2) is 20.6. The van der Waals surface area contributed by atoms with Gasteiger partial charge < -0.3 is 25.3 Å². The van der Waals surface area contributed by atoms with Gasteiger partial charge in [-0.2, -0.15) is 16.4 Å². The first-order valence-corrected chi connectivity index (χ1v) is 16.2. The van der Waals surface area contributed by atoms with E-state index in [1.54, 1.807) is 6.07 Å². The van der Waals surface area contributed by atoms with Gasteiger partial charge in [0.1, 0.15) is 46.1 Å². The number of azo groups is 2. The molecule has 2 aromatic heterocycles. The van der Waals surface area contributed by atoms with Crippen molar-refractivity contribution in [1.29, 1.82) is 10.5 Å². The first-order valence-electron chi connectivity index (χ1n) is 16.2. The maximum absolute atomic E-state index is 12.4. The van der Waals surface area contributed by atoms with Gasteiger partial charge in [-0.05, 0) is 44.9 Å². The van der Waals surface area contributed by atoms with Crippen LogP contribution in [0.5, 0.6) is 29.0 Å². The van der Waals surface area contributed by atoms with E-state index in [2.05, 4.69) is 30.3 Å². The van der Waals surface area contributed by atoms with Crippen LogP contribution in [-0.2, 0) is 34.9 Å². The summed E-state index contributed by atoms with van der Waals surface area (Å²) in [4.78, 5) is 43.6. The first-order chi connectivity index (χ1) is 25.7. The van der Waals surface area contributed by atoms with E-state index in [4.69, 9.17) is 5.90 Å². The molecule has 0 atom stereocenters. The largest absolute Gasteiger partial charge is 0.506 e. The van der Waals surface area contributed by atoms with E-state index in [0.29, 0.717) is 12.8 Å². The fraction of sp³-hybridized carbons (Fsp3) is 0.294. The minimum atomic E-state index is -0.653. The molecule has 0 fully saturated rings. The summed E-state index contributed by atoms with van der Waals surface area (Å²) in [7, 11) is 0. The second-order valence-corrected chi connectivity index (χ2v) is 11.3. The minimum absolute atomic E-state index is 0. The molecule has 0 saturated heterocycles. The average molecular weight is 804 g/mol. The molecule has 0 amide bonds. The number of non-ortho nitro benzene ring substituents is 1. The predicted octanol–water partition coefficient (Wildman–Crippen LogP) is 6.40. The molecule has 0 spiro atoms. The van der Waals surface area contributed by atoms with Gasteiger partial charge in [0, 0.05) is 59.2 Å². The Morgan fingerprint density at radius 1 is 0.782 bits per heavy atom. The van der Waals surface area contributed by atoms with Gasteiger partial charge in [0.05, 0.1) is 4.92 Å². The van der Waals surface area contributed by atoms with Crippen molar-refractivity contribution in [2.45, 2.75) is 66.5 Å². The van der Waals surface area contributed by atoms with Gasteiger partial charge in [0.15, 0.2) is 17.1 Å². The summed E-state index contributed by atoms with van der Waals surface area (Å²) >= 11 is 0. The number of aromatic nitrogens is 2. The maximum Gasteiger partial charge on any atom is 0.271 e. The normalized spacial score (nSPS) is 10.7. The van der Waals surface area contributed by atoms with E-state index in [-0.39, 0.29) is 97.8 Å². The van der Waals surface area contributed by atoms with Gasteiger partial charge in [-0.25, -0.2) is 0 Å². The molecule has 291 valence electrons. The van der Waals surface area contributed by atoms with E-state index >= 15 is 0 Å². The third-order valence-electron chi connectivity index (χ3n) is 7.78. The van der Waals surface area contributed by atoms with Crippen molar-refractivity contribution in [3.8, 4) is 41.1 Å². The number of phenols is 2. The van der Waals surface area contributed by atoms with E-state index in [0.717, 1.165) is 40.2 Å². The zero-order valence-electron chi connectivity index (χ0n) is 29.9. The fourth-order valence-electron chi connectivity index (χ4n) is 4.77. The Hall–Kier alpha value is -6.65. The molecule has 0 aliphatic carbocycles. The van der Waals surface area contributed by atoms with Crippen molar-refractivity contribution < 1.29 is 52.0 Å². The Balaban J connectivity index is 0.000000373. The molecule has 0 aliphatic heterocycles. The summed E-state index contributed by atoms with van der Waals surface area (Å²) in [6.07, 6.45) is 2.79. The molecule has 0 unspecified atom stereocenters. The van der Waals surface area contributed by atoms with Crippen molar-refractivity contribution in [2.24, 2.45) is 26.4 Å². The number of nitrogens with zero attached hydrogens (tertiary/aromatic N) is 9. The Labute approximate surface area is 322 Å². The van der Waals surface area contributed by atoms with Crippen LogP contribution in [0.15, 0.2) is 66.4 Å². The third-order valence-corrected chi connectivity index (χ3v) is 7.78. The summed E-state index contributed by atoms with van der Waals surface area (Å²) in [5.41, 5.74) is -1.84. The van der Waals surface area contributed by atoms with Crippen molar-refractivity contribution in [2.75, 3.05) is 0 Å². The number of pyridine rings is 2. The molecule has 2 aromatic carbocycles. The number of aromatic hydroxyl groups is 4. The maximum atomic E-state index is 12.4. The number of hydrogen-bond donors (Lipinski definition) is 5. The number of nitro benzene ring substituents is 1. The summed E-state index contributed by atoms with van der Waals surface area (Å²) in [6, 6.07) is 10.8. The summed E-state index contributed by atoms with van der Waals surface area (Å²) in [5.74, 6) is 3.57. The van der Waals surface area contributed by atoms with Gasteiger partial charge in [-0.1, -0.05) is 31.7 Å². The number of nitro groups is 1. The smallest absolute Gasteiger partial charge is 0.271 e. The number of unbranched alkanes of at least 4 members (excludes halogenated alkanes) is 2. The molecule has 4 rings (SSSR count). The molecule has 0 bridgehead atoms. The van der Waals surface area contributed by atoms with Gasteiger partial charge in [0.25, 0.3) is 16.8 Å². The van der Waals surface area contributed by atoms with E-state index in [9.17, 15) is 50.7 Å². The third kappa shape index (κ3) is 10.5. The van der Waals surface area contributed by atoms with Gasteiger partial charge >= 0.3 is 0 Å². The molecule has 55 heavy (non-hydrogen) atoms. The Morgan fingerprint density at radius 2 is 1.22 bits per heavy atom. The van der Waals surface area contributed by atoms with Crippen LogP contribution in [0, 0.1) is 46.6 Å². The predicted molar refractivity (Wildman–Crippen MR) is 191 cm³/mol. The Morgan fingerprint density at radius 3 is 1.62 bits per heavy atom. The molecule has 0 saturated carbocycles. The van der Waals surface area contributed by atoms with Crippen molar-refractivity contribution >= 4 is 28.4 Å². The first kappa shape index (κ1) is 44.5. The molecular formula is C34H36CoN10O10. The monoisotopic (exact) mass is 803 g/mol. The van der Waals surface area contributed by atoms with E-state index < -0.39 is 27.8 Å². The van der Waals surface area contributed by atoms with Crippen LogP contribution in [0.4, 0.5) is 28.4 Å². The topological polar surface area (TPSA) is 310 Å². The van der Waals surface area contributed by atoms with E-state index in [1.807, 2.05) is 19.9 Å². The van der Waals surface area contributed by atoms with Gasteiger partial charge in [0.2, 0.25) is 11.8 Å².